The van der Waals surface area contributed by atoms with Gasteiger partial charge in [-0.2, -0.15) is 0 Å². The van der Waals surface area contributed by atoms with Crippen molar-refractivity contribution in [2.75, 3.05) is 6.54 Å². The number of carbonyl (C=O) groups is 1. The maximum absolute atomic E-state index is 11.5. The van der Waals surface area contributed by atoms with E-state index >= 15 is 0 Å². The molecule has 0 unspecified atom stereocenters. The largest absolute Gasteiger partial charge is 0.338 e. The first-order valence-corrected chi connectivity index (χ1v) is 5.76. The van der Waals surface area contributed by atoms with Crippen molar-refractivity contribution >= 4 is 5.91 Å². The zero-order valence-electron chi connectivity index (χ0n) is 10.5. The Kier molecular flexibility index (Phi) is 2.53. The van der Waals surface area contributed by atoms with Crippen LogP contribution in [0.4, 0.5) is 0 Å². The number of amides is 1. The first-order valence-electron chi connectivity index (χ1n) is 5.76. The van der Waals surface area contributed by atoms with Crippen molar-refractivity contribution in [1.29, 1.82) is 0 Å². The van der Waals surface area contributed by atoms with Crippen molar-refractivity contribution < 1.29 is 4.79 Å². The van der Waals surface area contributed by atoms with Gasteiger partial charge in [0.05, 0.1) is 0 Å². The molecule has 1 amide bonds. The molecule has 0 bridgehead atoms. The number of hydrogen-bond acceptors (Lipinski definition) is 1. The highest BCUT2D eigenvalue weighted by Gasteiger charge is 2.32. The number of nitrogens with zero attached hydrogens (tertiary/aromatic N) is 1. The summed E-state index contributed by atoms with van der Waals surface area (Å²) in [6.45, 7) is 9.73. The SMILES string of the molecule is CC(=O)N1Cc2cc(C)ccc2C(C)(C)C1. The van der Waals surface area contributed by atoms with Gasteiger partial charge in [0, 0.05) is 25.4 Å². The van der Waals surface area contributed by atoms with Crippen molar-refractivity contribution in [1.82, 2.24) is 4.90 Å². The lowest BCUT2D eigenvalue weighted by molar-refractivity contribution is -0.130. The number of hydrogen-bond donors (Lipinski definition) is 0. The van der Waals surface area contributed by atoms with Gasteiger partial charge < -0.3 is 4.90 Å². The van der Waals surface area contributed by atoms with Crippen molar-refractivity contribution in [3.63, 3.8) is 0 Å². The van der Waals surface area contributed by atoms with Crippen LogP contribution in [0, 0.1) is 6.92 Å². The molecule has 0 aromatic heterocycles. The fourth-order valence-electron chi connectivity index (χ4n) is 2.56. The molecule has 1 aromatic rings. The summed E-state index contributed by atoms with van der Waals surface area (Å²) in [5.41, 5.74) is 4.01. The summed E-state index contributed by atoms with van der Waals surface area (Å²) in [6, 6.07) is 6.57. The maximum atomic E-state index is 11.5. The lowest BCUT2D eigenvalue weighted by Gasteiger charge is -2.39. The molecular formula is C14H19NO. The van der Waals surface area contributed by atoms with Gasteiger partial charge in [-0.15, -0.1) is 0 Å². The zero-order valence-corrected chi connectivity index (χ0v) is 10.5. The van der Waals surface area contributed by atoms with Gasteiger partial charge >= 0.3 is 0 Å². The fraction of sp³-hybridized carbons (Fsp3) is 0.500. The first-order chi connectivity index (χ1) is 7.40. The fourth-order valence-corrected chi connectivity index (χ4v) is 2.56. The van der Waals surface area contributed by atoms with E-state index in [-0.39, 0.29) is 11.3 Å². The lowest BCUT2D eigenvalue weighted by Crippen LogP contribution is -2.44. The Labute approximate surface area is 97.3 Å². The van der Waals surface area contributed by atoms with E-state index < -0.39 is 0 Å². The van der Waals surface area contributed by atoms with Gasteiger partial charge in [-0.05, 0) is 18.1 Å². The Hall–Kier alpha value is -1.31. The maximum Gasteiger partial charge on any atom is 0.219 e. The molecule has 1 aromatic carbocycles. The van der Waals surface area contributed by atoms with E-state index in [0.717, 1.165) is 13.1 Å². The average Bonchev–Trinajstić information content (AvgIpc) is 2.15. The smallest absolute Gasteiger partial charge is 0.219 e. The van der Waals surface area contributed by atoms with Crippen LogP contribution in [0.15, 0.2) is 18.2 Å². The van der Waals surface area contributed by atoms with Gasteiger partial charge in [0.2, 0.25) is 5.91 Å². The van der Waals surface area contributed by atoms with E-state index in [1.807, 2.05) is 4.90 Å². The molecule has 0 aliphatic carbocycles. The molecule has 1 aliphatic rings. The Morgan fingerprint density at radius 1 is 1.38 bits per heavy atom. The van der Waals surface area contributed by atoms with Crippen LogP contribution in [0.5, 0.6) is 0 Å². The molecule has 0 saturated heterocycles. The Bertz CT molecular complexity index is 434. The van der Waals surface area contributed by atoms with Crippen molar-refractivity contribution in [2.24, 2.45) is 0 Å². The van der Waals surface area contributed by atoms with Crippen molar-refractivity contribution in [2.45, 2.75) is 39.7 Å². The van der Waals surface area contributed by atoms with Crippen LogP contribution in [-0.2, 0) is 16.8 Å². The Morgan fingerprint density at radius 3 is 2.69 bits per heavy atom. The topological polar surface area (TPSA) is 20.3 Å². The minimum atomic E-state index is 0.0625. The molecule has 16 heavy (non-hydrogen) atoms. The van der Waals surface area contributed by atoms with Gasteiger partial charge in [-0.25, -0.2) is 0 Å². The number of carbonyl (C=O) groups excluding carboxylic acids is 1. The molecule has 0 radical (unpaired) electrons. The molecule has 2 nitrogen and oxygen atoms in total. The number of rotatable bonds is 0. The van der Waals surface area contributed by atoms with Crippen LogP contribution in [0.3, 0.4) is 0 Å². The number of benzene rings is 1. The molecule has 1 aliphatic heterocycles. The van der Waals surface area contributed by atoms with Crippen molar-refractivity contribution in [3.8, 4) is 0 Å². The molecule has 1 heterocycles. The minimum Gasteiger partial charge on any atom is -0.338 e. The van der Waals surface area contributed by atoms with Crippen LogP contribution in [0.2, 0.25) is 0 Å². The monoisotopic (exact) mass is 217 g/mol. The van der Waals surface area contributed by atoms with E-state index in [0.29, 0.717) is 0 Å². The molecule has 0 atom stereocenters. The predicted octanol–water partition coefficient (Wildman–Crippen LogP) is 2.63. The van der Waals surface area contributed by atoms with Crippen LogP contribution >= 0.6 is 0 Å². The van der Waals surface area contributed by atoms with E-state index in [4.69, 9.17) is 0 Å². The minimum absolute atomic E-state index is 0.0625. The normalized spacial score (nSPS) is 18.1. The van der Waals surface area contributed by atoms with Crippen LogP contribution < -0.4 is 0 Å². The van der Waals surface area contributed by atoms with E-state index in [9.17, 15) is 4.79 Å². The summed E-state index contributed by atoms with van der Waals surface area (Å²) in [6.07, 6.45) is 0. The van der Waals surface area contributed by atoms with Gasteiger partial charge in [-0.3, -0.25) is 4.79 Å². The molecular weight excluding hydrogens is 198 g/mol. The number of aryl methyl sites for hydroxylation is 1. The third-order valence-corrected chi connectivity index (χ3v) is 3.38. The van der Waals surface area contributed by atoms with Crippen LogP contribution in [0.1, 0.15) is 37.5 Å². The summed E-state index contributed by atoms with van der Waals surface area (Å²) >= 11 is 0. The van der Waals surface area contributed by atoms with Gasteiger partial charge in [0.15, 0.2) is 0 Å². The van der Waals surface area contributed by atoms with Crippen molar-refractivity contribution in [3.05, 3.63) is 34.9 Å². The van der Waals surface area contributed by atoms with Gasteiger partial charge in [0.1, 0.15) is 0 Å². The molecule has 86 valence electrons. The van der Waals surface area contributed by atoms with Crippen LogP contribution in [0.25, 0.3) is 0 Å². The summed E-state index contributed by atoms with van der Waals surface area (Å²) < 4.78 is 0. The molecule has 2 heteroatoms. The highest BCUT2D eigenvalue weighted by molar-refractivity contribution is 5.74. The van der Waals surface area contributed by atoms with E-state index in [2.05, 4.69) is 39.0 Å². The molecule has 2 rings (SSSR count). The zero-order chi connectivity index (χ0) is 11.9. The summed E-state index contributed by atoms with van der Waals surface area (Å²) in [5.74, 6) is 0.167. The lowest BCUT2D eigenvalue weighted by atomic mass is 9.78. The highest BCUT2D eigenvalue weighted by Crippen LogP contribution is 2.33. The first kappa shape index (κ1) is 11.2. The summed E-state index contributed by atoms with van der Waals surface area (Å²) in [4.78, 5) is 13.4. The van der Waals surface area contributed by atoms with Gasteiger partial charge in [-0.1, -0.05) is 37.6 Å². The summed E-state index contributed by atoms with van der Waals surface area (Å²) in [5, 5.41) is 0. The van der Waals surface area contributed by atoms with E-state index in [1.165, 1.54) is 16.7 Å². The molecule has 0 fully saturated rings. The molecule has 0 saturated carbocycles. The third kappa shape index (κ3) is 1.84. The second kappa shape index (κ2) is 3.62. The summed E-state index contributed by atoms with van der Waals surface area (Å²) in [7, 11) is 0. The Morgan fingerprint density at radius 2 is 2.06 bits per heavy atom. The third-order valence-electron chi connectivity index (χ3n) is 3.38. The standard InChI is InChI=1S/C14H19NO/c1-10-5-6-13-12(7-10)8-15(11(2)16)9-14(13,3)4/h5-7H,8-9H2,1-4H3. The second-order valence-corrected chi connectivity index (χ2v) is 5.42. The van der Waals surface area contributed by atoms with Gasteiger partial charge in [0.25, 0.3) is 0 Å². The second-order valence-electron chi connectivity index (χ2n) is 5.42. The molecule has 0 spiro atoms. The number of fused-ring (bicyclic) bond motifs is 1. The van der Waals surface area contributed by atoms with E-state index in [1.54, 1.807) is 6.92 Å². The highest BCUT2D eigenvalue weighted by atomic mass is 16.2. The van der Waals surface area contributed by atoms with Crippen LogP contribution in [-0.4, -0.2) is 17.4 Å². The molecule has 0 N–H and O–H groups in total. The Balaban J connectivity index is 2.47. The predicted molar refractivity (Wildman–Crippen MR) is 65.3 cm³/mol. The average molecular weight is 217 g/mol. The quantitative estimate of drug-likeness (QED) is 0.654.